The van der Waals surface area contributed by atoms with Crippen LogP contribution in [0.3, 0.4) is 0 Å². The Kier molecular flexibility index (Phi) is 2.74. The van der Waals surface area contributed by atoms with Gasteiger partial charge >= 0.3 is 0 Å². The highest BCUT2D eigenvalue weighted by Crippen LogP contribution is 2.36. The van der Waals surface area contributed by atoms with Crippen molar-refractivity contribution < 1.29 is 4.79 Å². The van der Waals surface area contributed by atoms with E-state index in [1.165, 1.54) is 0 Å². The van der Waals surface area contributed by atoms with Crippen LogP contribution in [0.4, 0.5) is 5.69 Å². The number of hydrogen-bond donors (Lipinski definition) is 1. The molecule has 0 aliphatic carbocycles. The molecule has 1 amide bonds. The van der Waals surface area contributed by atoms with E-state index in [0.29, 0.717) is 6.42 Å². The first-order valence-electron chi connectivity index (χ1n) is 6.00. The van der Waals surface area contributed by atoms with E-state index < -0.39 is 0 Å². The zero-order valence-electron chi connectivity index (χ0n) is 10.9. The predicted octanol–water partition coefficient (Wildman–Crippen LogP) is 2.15. The summed E-state index contributed by atoms with van der Waals surface area (Å²) in [5, 5.41) is 0. The predicted molar refractivity (Wildman–Crippen MR) is 70.1 cm³/mol. The lowest BCUT2D eigenvalue weighted by Crippen LogP contribution is -2.50. The van der Waals surface area contributed by atoms with Crippen LogP contribution in [0.25, 0.3) is 0 Å². The lowest BCUT2D eigenvalue weighted by Gasteiger charge is -2.35. The molecular formula is C14H20N2O. The molecule has 1 saturated heterocycles. The largest absolute Gasteiger partial charge is 0.325 e. The molecule has 1 atom stereocenters. The highest BCUT2D eigenvalue weighted by atomic mass is 16.2. The molecule has 92 valence electrons. The average molecular weight is 232 g/mol. The molecule has 0 spiro atoms. The normalized spacial score (nSPS) is 23.2. The summed E-state index contributed by atoms with van der Waals surface area (Å²) >= 11 is 0. The summed E-state index contributed by atoms with van der Waals surface area (Å²) in [4.78, 5) is 14.0. The van der Waals surface area contributed by atoms with Gasteiger partial charge in [0.05, 0.1) is 5.54 Å². The van der Waals surface area contributed by atoms with E-state index in [4.69, 9.17) is 5.73 Å². The standard InChI is InChI=1S/C14H20N2O/c1-9-5-6-10(2)11(7-9)16-13(17)8-12(15)14(16,3)4/h5-7,12H,8,15H2,1-4H3. The second-order valence-electron chi connectivity index (χ2n) is 5.48. The van der Waals surface area contributed by atoms with Gasteiger partial charge in [-0.25, -0.2) is 0 Å². The highest BCUT2D eigenvalue weighted by Gasteiger charge is 2.45. The molecule has 0 bridgehead atoms. The van der Waals surface area contributed by atoms with Crippen LogP contribution in [-0.4, -0.2) is 17.5 Å². The van der Waals surface area contributed by atoms with Crippen molar-refractivity contribution >= 4 is 11.6 Å². The zero-order chi connectivity index (χ0) is 12.8. The van der Waals surface area contributed by atoms with Gasteiger partial charge in [0.2, 0.25) is 5.91 Å². The van der Waals surface area contributed by atoms with Gasteiger partial charge in [-0.15, -0.1) is 0 Å². The van der Waals surface area contributed by atoms with Gasteiger partial charge in [0.25, 0.3) is 0 Å². The number of carbonyl (C=O) groups excluding carboxylic acids is 1. The molecule has 0 radical (unpaired) electrons. The zero-order valence-corrected chi connectivity index (χ0v) is 10.9. The fourth-order valence-corrected chi connectivity index (χ4v) is 2.42. The van der Waals surface area contributed by atoms with E-state index in [9.17, 15) is 4.79 Å². The van der Waals surface area contributed by atoms with Gasteiger partial charge in [0.1, 0.15) is 0 Å². The van der Waals surface area contributed by atoms with E-state index in [1.807, 2.05) is 32.6 Å². The van der Waals surface area contributed by atoms with Crippen LogP contribution in [0.15, 0.2) is 18.2 Å². The Labute approximate surface area is 103 Å². The van der Waals surface area contributed by atoms with Gasteiger partial charge in [-0.2, -0.15) is 0 Å². The van der Waals surface area contributed by atoms with Crippen molar-refractivity contribution in [2.75, 3.05) is 4.90 Å². The molecule has 2 rings (SSSR count). The van der Waals surface area contributed by atoms with Crippen LogP contribution in [0.2, 0.25) is 0 Å². The van der Waals surface area contributed by atoms with Crippen molar-refractivity contribution in [2.45, 2.75) is 45.7 Å². The molecule has 0 aromatic heterocycles. The van der Waals surface area contributed by atoms with Gasteiger partial charge in [-0.3, -0.25) is 4.79 Å². The SMILES string of the molecule is Cc1ccc(C)c(N2C(=O)CC(N)C2(C)C)c1. The minimum Gasteiger partial charge on any atom is -0.325 e. The third kappa shape index (κ3) is 1.84. The minimum atomic E-state index is -0.310. The smallest absolute Gasteiger partial charge is 0.229 e. The Morgan fingerprint density at radius 2 is 2.00 bits per heavy atom. The Balaban J connectivity index is 2.52. The van der Waals surface area contributed by atoms with Crippen LogP contribution in [0, 0.1) is 13.8 Å². The van der Waals surface area contributed by atoms with E-state index in [1.54, 1.807) is 0 Å². The van der Waals surface area contributed by atoms with Crippen molar-refractivity contribution in [1.82, 2.24) is 0 Å². The lowest BCUT2D eigenvalue weighted by molar-refractivity contribution is -0.117. The number of nitrogens with two attached hydrogens (primary N) is 1. The number of carbonyl (C=O) groups is 1. The molecule has 1 aliphatic heterocycles. The molecule has 3 heteroatoms. The molecule has 1 fully saturated rings. The number of amides is 1. The topological polar surface area (TPSA) is 46.3 Å². The maximum atomic E-state index is 12.1. The van der Waals surface area contributed by atoms with Gasteiger partial charge in [0, 0.05) is 18.2 Å². The Bertz CT molecular complexity index is 465. The number of nitrogens with zero attached hydrogens (tertiary/aromatic N) is 1. The Morgan fingerprint density at radius 1 is 1.35 bits per heavy atom. The summed E-state index contributed by atoms with van der Waals surface area (Å²) in [5.74, 6) is 0.121. The van der Waals surface area contributed by atoms with Crippen LogP contribution < -0.4 is 10.6 Å². The second-order valence-corrected chi connectivity index (χ2v) is 5.48. The molecule has 3 nitrogen and oxygen atoms in total. The monoisotopic (exact) mass is 232 g/mol. The van der Waals surface area contributed by atoms with E-state index in [2.05, 4.69) is 18.2 Å². The van der Waals surface area contributed by atoms with Gasteiger partial charge in [-0.05, 0) is 44.9 Å². The van der Waals surface area contributed by atoms with E-state index in [0.717, 1.165) is 16.8 Å². The quantitative estimate of drug-likeness (QED) is 0.806. The molecular weight excluding hydrogens is 212 g/mol. The summed E-state index contributed by atoms with van der Waals surface area (Å²) in [6.45, 7) is 8.13. The molecule has 1 aromatic rings. The fraction of sp³-hybridized carbons (Fsp3) is 0.500. The maximum absolute atomic E-state index is 12.1. The summed E-state index contributed by atoms with van der Waals surface area (Å²) < 4.78 is 0. The molecule has 1 unspecified atom stereocenters. The molecule has 1 heterocycles. The number of rotatable bonds is 1. The van der Waals surface area contributed by atoms with Crippen molar-refractivity contribution in [2.24, 2.45) is 5.73 Å². The van der Waals surface area contributed by atoms with Crippen LogP contribution in [0.5, 0.6) is 0 Å². The van der Waals surface area contributed by atoms with Crippen LogP contribution in [0.1, 0.15) is 31.4 Å². The van der Waals surface area contributed by atoms with E-state index in [-0.39, 0.29) is 17.5 Å². The number of anilines is 1. The first-order valence-corrected chi connectivity index (χ1v) is 6.00. The third-order valence-electron chi connectivity index (χ3n) is 3.73. The number of hydrogen-bond acceptors (Lipinski definition) is 2. The molecule has 1 aromatic carbocycles. The molecule has 2 N–H and O–H groups in total. The molecule has 0 saturated carbocycles. The summed E-state index contributed by atoms with van der Waals surface area (Å²) in [5.41, 5.74) is 9.02. The van der Waals surface area contributed by atoms with Crippen LogP contribution in [-0.2, 0) is 4.79 Å². The first kappa shape index (κ1) is 12.1. The fourth-order valence-electron chi connectivity index (χ4n) is 2.42. The van der Waals surface area contributed by atoms with Crippen molar-refractivity contribution in [3.05, 3.63) is 29.3 Å². The number of benzene rings is 1. The van der Waals surface area contributed by atoms with Crippen LogP contribution >= 0.6 is 0 Å². The lowest BCUT2D eigenvalue weighted by atomic mass is 9.95. The highest BCUT2D eigenvalue weighted by molar-refractivity contribution is 5.99. The second kappa shape index (κ2) is 3.84. The number of aryl methyl sites for hydroxylation is 2. The minimum absolute atomic E-state index is 0.102. The molecule has 1 aliphatic rings. The van der Waals surface area contributed by atoms with Crippen molar-refractivity contribution in [3.8, 4) is 0 Å². The summed E-state index contributed by atoms with van der Waals surface area (Å²) in [6.07, 6.45) is 0.431. The Morgan fingerprint density at radius 3 is 2.53 bits per heavy atom. The van der Waals surface area contributed by atoms with Crippen molar-refractivity contribution in [3.63, 3.8) is 0 Å². The average Bonchev–Trinajstić information content (AvgIpc) is 2.41. The van der Waals surface area contributed by atoms with Gasteiger partial charge in [-0.1, -0.05) is 12.1 Å². The Hall–Kier alpha value is -1.35. The molecule has 17 heavy (non-hydrogen) atoms. The first-order chi connectivity index (χ1) is 7.84. The van der Waals surface area contributed by atoms with E-state index >= 15 is 0 Å². The third-order valence-corrected chi connectivity index (χ3v) is 3.73. The van der Waals surface area contributed by atoms with Crippen molar-refractivity contribution in [1.29, 1.82) is 0 Å². The maximum Gasteiger partial charge on any atom is 0.229 e. The summed E-state index contributed by atoms with van der Waals surface area (Å²) in [6, 6.07) is 6.08. The van der Waals surface area contributed by atoms with Gasteiger partial charge in [0.15, 0.2) is 0 Å². The summed E-state index contributed by atoms with van der Waals surface area (Å²) in [7, 11) is 0. The van der Waals surface area contributed by atoms with Gasteiger partial charge < -0.3 is 10.6 Å².